The SMILES string of the molecule is CCCCC[C@@H]1C[C@]2(C=O)[C@H]3CC[C@@]45CCC#Cc6cccc(CO)c6C[C@@H](NC)[C@@H]6C[C@@H](C[C@]4(O)[C@]3(O)C[C@H]3C[C@H]4[C@H](C=CC[C@@H]4C)C[C@H]([C@H]1O)[C@@]32O)[C@@H]5C1=CC(=O)O[C@H]16. The first-order valence-corrected chi connectivity index (χ1v) is 24.1. The molecule has 8 aliphatic carbocycles. The Kier molecular flexibility index (Phi) is 10.4. The van der Waals surface area contributed by atoms with Crippen LogP contribution in [0.1, 0.15) is 127 Å². The molecule has 61 heavy (non-hydrogen) atoms. The number of aliphatic hydroxyl groups is 5. The highest BCUT2D eigenvalue weighted by atomic mass is 16.5. The number of likely N-dealkylation sites (N-methyl/N-ethyl adjacent to an activating group) is 1. The highest BCUT2D eigenvalue weighted by Crippen LogP contribution is 2.78. The number of nitrogens with one attached hydrogen (secondary N) is 1. The summed E-state index contributed by atoms with van der Waals surface area (Å²) >= 11 is 0. The maximum atomic E-state index is 14.5. The number of hydrogen-bond donors (Lipinski definition) is 6. The van der Waals surface area contributed by atoms with E-state index in [1.54, 1.807) is 6.08 Å². The van der Waals surface area contributed by atoms with Crippen molar-refractivity contribution in [2.24, 2.45) is 70.0 Å². The lowest BCUT2D eigenvalue weighted by atomic mass is 9.35. The van der Waals surface area contributed by atoms with Gasteiger partial charge in [-0.15, -0.1) is 0 Å². The Labute approximate surface area is 362 Å². The third-order valence-electron chi connectivity index (χ3n) is 19.7. The minimum absolute atomic E-state index is 0.0791. The molecule has 1 heterocycles. The molecule has 1 aromatic rings. The number of rotatable bonds is 7. The first-order valence-electron chi connectivity index (χ1n) is 24.1. The van der Waals surface area contributed by atoms with E-state index in [-0.39, 0.29) is 60.5 Å². The molecule has 6 N–H and O–H groups in total. The summed E-state index contributed by atoms with van der Waals surface area (Å²) in [7, 11) is 1.94. The molecule has 0 amide bonds. The van der Waals surface area contributed by atoms with Crippen molar-refractivity contribution in [2.45, 2.75) is 158 Å². The molecular weight excluding hydrogens is 767 g/mol. The predicted octanol–water partition coefficient (Wildman–Crippen LogP) is 5.96. The third-order valence-corrected chi connectivity index (χ3v) is 19.7. The number of carbonyl (C=O) groups is 2. The van der Waals surface area contributed by atoms with Gasteiger partial charge >= 0.3 is 5.97 Å². The van der Waals surface area contributed by atoms with Gasteiger partial charge in [-0.2, -0.15) is 0 Å². The van der Waals surface area contributed by atoms with Gasteiger partial charge in [-0.05, 0) is 148 Å². The number of esters is 1. The zero-order chi connectivity index (χ0) is 42.7. The van der Waals surface area contributed by atoms with Crippen LogP contribution in [-0.2, 0) is 27.4 Å². The van der Waals surface area contributed by atoms with Crippen LogP contribution in [0.4, 0.5) is 0 Å². The molecule has 0 radical (unpaired) electrons. The van der Waals surface area contributed by atoms with Crippen LogP contribution in [0.3, 0.4) is 0 Å². The number of aliphatic hydroxyl groups excluding tert-OH is 2. The molecule has 9 nitrogen and oxygen atoms in total. The molecule has 1 spiro atoms. The van der Waals surface area contributed by atoms with E-state index >= 15 is 0 Å². The molecule has 6 fully saturated rings. The van der Waals surface area contributed by atoms with Crippen molar-refractivity contribution >= 4 is 12.3 Å². The normalized spacial score (nSPS) is 49.0. The second-order valence-corrected chi connectivity index (χ2v) is 21.8. The van der Waals surface area contributed by atoms with Crippen LogP contribution >= 0.6 is 0 Å². The fraction of sp³-hybridized carbons (Fsp3) is 0.731. The van der Waals surface area contributed by atoms with Gasteiger partial charge in [0.1, 0.15) is 18.0 Å². The Morgan fingerprint density at radius 2 is 1.89 bits per heavy atom. The fourth-order valence-electron chi connectivity index (χ4n) is 17.3. The average molecular weight is 836 g/mol. The smallest absolute Gasteiger partial charge is 0.331 e. The number of ether oxygens (including phenoxy) is 1. The summed E-state index contributed by atoms with van der Waals surface area (Å²) in [6.07, 6.45) is 15.8. The lowest BCUT2D eigenvalue weighted by Gasteiger charge is -2.72. The van der Waals surface area contributed by atoms with Crippen molar-refractivity contribution in [3.05, 3.63) is 58.7 Å². The Hall–Kier alpha value is -2.84. The summed E-state index contributed by atoms with van der Waals surface area (Å²) in [5, 5.41) is 68.9. The first-order chi connectivity index (χ1) is 29.3. The maximum absolute atomic E-state index is 14.5. The first kappa shape index (κ1) is 42.1. The van der Waals surface area contributed by atoms with Gasteiger partial charge in [0.25, 0.3) is 0 Å². The van der Waals surface area contributed by atoms with E-state index in [1.165, 1.54) is 0 Å². The Morgan fingerprint density at radius 1 is 1.05 bits per heavy atom. The Bertz CT molecular complexity index is 2050. The molecule has 10 rings (SSSR count). The quantitative estimate of drug-likeness (QED) is 0.0642. The van der Waals surface area contributed by atoms with E-state index in [4.69, 9.17) is 4.74 Å². The van der Waals surface area contributed by atoms with Crippen LogP contribution in [0, 0.1) is 81.8 Å². The monoisotopic (exact) mass is 836 g/mol. The van der Waals surface area contributed by atoms with Crippen LogP contribution in [-0.4, -0.2) is 79.9 Å². The minimum atomic E-state index is -1.72. The van der Waals surface area contributed by atoms with E-state index < -0.39 is 57.6 Å². The molecule has 9 aliphatic rings. The number of carbonyl (C=O) groups excluding carboxylic acids is 2. The summed E-state index contributed by atoms with van der Waals surface area (Å²) in [5.41, 5.74) is -3.54. The number of aldehydes is 1. The van der Waals surface area contributed by atoms with Gasteiger partial charge in [0, 0.05) is 47.3 Å². The van der Waals surface area contributed by atoms with Gasteiger partial charge in [-0.3, -0.25) is 0 Å². The van der Waals surface area contributed by atoms with E-state index in [1.807, 2.05) is 25.2 Å². The maximum Gasteiger partial charge on any atom is 0.331 e. The molecule has 9 heteroatoms. The van der Waals surface area contributed by atoms with Crippen LogP contribution in [0.5, 0.6) is 0 Å². The predicted molar refractivity (Wildman–Crippen MR) is 230 cm³/mol. The molecule has 18 atom stereocenters. The topological polar surface area (TPSA) is 157 Å². The van der Waals surface area contributed by atoms with Crippen LogP contribution in [0.15, 0.2) is 42.0 Å². The number of allylic oxidation sites excluding steroid dienone is 2. The van der Waals surface area contributed by atoms with E-state index in [0.29, 0.717) is 70.1 Å². The molecule has 330 valence electrons. The summed E-state index contributed by atoms with van der Waals surface area (Å²) in [5.74, 6) is 4.92. The van der Waals surface area contributed by atoms with Crippen LogP contribution in [0.25, 0.3) is 0 Å². The zero-order valence-corrected chi connectivity index (χ0v) is 36.5. The van der Waals surface area contributed by atoms with Crippen molar-refractivity contribution in [1.82, 2.24) is 5.32 Å². The van der Waals surface area contributed by atoms with Crippen molar-refractivity contribution < 1.29 is 39.9 Å². The summed E-state index contributed by atoms with van der Waals surface area (Å²) < 4.78 is 6.28. The largest absolute Gasteiger partial charge is 0.454 e. The summed E-state index contributed by atoms with van der Waals surface area (Å²) in [6, 6.07) is 5.75. The van der Waals surface area contributed by atoms with Crippen LogP contribution < -0.4 is 5.32 Å². The molecule has 1 aliphatic heterocycles. The Morgan fingerprint density at radius 3 is 2.66 bits per heavy atom. The fourth-order valence-corrected chi connectivity index (χ4v) is 17.3. The van der Waals surface area contributed by atoms with Crippen molar-refractivity contribution in [1.29, 1.82) is 0 Å². The number of unbranched alkanes of at least 4 members (excludes halogenated alkanes) is 2. The number of benzene rings is 1. The van der Waals surface area contributed by atoms with Crippen LogP contribution in [0.2, 0.25) is 0 Å². The van der Waals surface area contributed by atoms with E-state index in [2.05, 4.69) is 43.2 Å². The van der Waals surface area contributed by atoms with Gasteiger partial charge in [0.15, 0.2) is 0 Å². The molecule has 0 aromatic heterocycles. The zero-order valence-electron chi connectivity index (χ0n) is 36.5. The highest BCUT2D eigenvalue weighted by Gasteiger charge is 2.83. The molecule has 1 aromatic carbocycles. The number of fused-ring (bicyclic) bond motifs is 8. The Balaban J connectivity index is 1.14. The van der Waals surface area contributed by atoms with Gasteiger partial charge < -0.3 is 40.4 Å². The molecule has 0 unspecified atom stereocenters. The van der Waals surface area contributed by atoms with Crippen molar-refractivity contribution in [2.75, 3.05) is 7.05 Å². The lowest BCUT2D eigenvalue weighted by Crippen LogP contribution is -2.81. The van der Waals surface area contributed by atoms with Crippen molar-refractivity contribution in [3.8, 4) is 11.8 Å². The molecule has 6 saturated carbocycles. The molecular formula is C52H69NO8. The standard InChI is InChI=1S/C52H69NO8/c1-4-5-6-13-33-25-49(29-55)43-17-19-48-18-8-7-12-31-14-10-16-34(28-54)38(31)23-42(53-3)39-20-35(45(48)40-24-44(56)61-47(39)40)26-51(48,59)50(43,58)27-36-22-37-30(2)11-9-15-32(37)21-41(46(33)57)52(36,49)60/h9-10,14-16,24,29-30,32-33,35-37,39,41-43,45-47,53-54,57-60H,4-6,8,11,13,17-23,25-28H2,1-3H3/t30-,32+,33+,35-,36+,37+,39-,41+,42+,43+,45+,46-,47-,48+,49-,50-,51+,52-/m0/s1. The minimum Gasteiger partial charge on any atom is -0.454 e. The average Bonchev–Trinajstić information content (AvgIpc) is 3.71. The summed E-state index contributed by atoms with van der Waals surface area (Å²) in [6.45, 7) is 4.34. The van der Waals surface area contributed by atoms with Gasteiger partial charge in [-0.25, -0.2) is 4.79 Å². The number of hydrogen-bond acceptors (Lipinski definition) is 9. The van der Waals surface area contributed by atoms with Gasteiger partial charge in [0.2, 0.25) is 0 Å². The second-order valence-electron chi connectivity index (χ2n) is 21.8. The third kappa shape index (κ3) is 5.67. The second kappa shape index (κ2) is 15.1. The molecule has 0 saturated heterocycles. The summed E-state index contributed by atoms with van der Waals surface area (Å²) in [4.78, 5) is 28.0. The van der Waals surface area contributed by atoms with E-state index in [9.17, 15) is 35.1 Å². The lowest BCUT2D eigenvalue weighted by molar-refractivity contribution is -0.348. The van der Waals surface area contributed by atoms with Crippen molar-refractivity contribution in [3.63, 3.8) is 0 Å². The highest BCUT2D eigenvalue weighted by molar-refractivity contribution is 5.86. The molecule has 4 bridgehead atoms. The van der Waals surface area contributed by atoms with E-state index in [0.717, 1.165) is 60.7 Å². The van der Waals surface area contributed by atoms with Gasteiger partial charge in [0.05, 0.1) is 29.3 Å². The van der Waals surface area contributed by atoms with Gasteiger partial charge in [-0.1, -0.05) is 69.2 Å².